The summed E-state index contributed by atoms with van der Waals surface area (Å²) in [5, 5.41) is 0. The van der Waals surface area contributed by atoms with Gasteiger partial charge >= 0.3 is 5.97 Å². The molecule has 0 unspecified atom stereocenters. The van der Waals surface area contributed by atoms with E-state index in [1.807, 2.05) is 0 Å². The Balaban J connectivity index is 2.47. The predicted molar refractivity (Wildman–Crippen MR) is 79.0 cm³/mol. The summed E-state index contributed by atoms with van der Waals surface area (Å²) in [4.78, 5) is 15.2. The quantitative estimate of drug-likeness (QED) is 0.513. The molecule has 0 aliphatic carbocycles. The zero-order valence-electron chi connectivity index (χ0n) is 12.1. The number of sulfonamides is 1. The monoisotopic (exact) mass is 336 g/mol. The second-order valence-electron chi connectivity index (χ2n) is 4.20. The smallest absolute Gasteiger partial charge is 0.358 e. The highest BCUT2D eigenvalue weighted by molar-refractivity contribution is 7.91. The minimum atomic E-state index is -3.75. The third-order valence-corrected chi connectivity index (χ3v) is 5.39. The Bertz CT molecular complexity index is 542. The summed E-state index contributed by atoms with van der Waals surface area (Å²) in [6.07, 6.45) is 2.62. The van der Waals surface area contributed by atoms with Crippen molar-refractivity contribution in [1.82, 2.24) is 9.71 Å². The Hall–Kier alpha value is -1.03. The molecule has 0 bridgehead atoms. The van der Waals surface area contributed by atoms with Gasteiger partial charge in [-0.1, -0.05) is 13.3 Å². The molecule has 1 heterocycles. The summed E-state index contributed by atoms with van der Waals surface area (Å²) in [6.45, 7) is 3.50. The molecule has 0 amide bonds. The van der Waals surface area contributed by atoms with E-state index < -0.39 is 16.0 Å². The summed E-state index contributed by atoms with van der Waals surface area (Å²) in [5.41, 5.74) is 1.11. The van der Waals surface area contributed by atoms with Crippen molar-refractivity contribution in [3.05, 3.63) is 11.2 Å². The lowest BCUT2D eigenvalue weighted by molar-refractivity contribution is 0.0590. The predicted octanol–water partition coefficient (Wildman–Crippen LogP) is 1.41. The maximum atomic E-state index is 12.1. The van der Waals surface area contributed by atoms with Gasteiger partial charge in [-0.2, -0.15) is 0 Å². The number of aromatic nitrogens is 1. The van der Waals surface area contributed by atoms with E-state index in [9.17, 15) is 13.2 Å². The van der Waals surface area contributed by atoms with Gasteiger partial charge in [0.15, 0.2) is 9.90 Å². The Morgan fingerprint density at radius 2 is 2.10 bits per heavy atom. The lowest BCUT2D eigenvalue weighted by Crippen LogP contribution is -2.26. The number of carbonyl (C=O) groups is 1. The number of hydrogen-bond acceptors (Lipinski definition) is 7. The lowest BCUT2D eigenvalue weighted by Gasteiger charge is -2.06. The van der Waals surface area contributed by atoms with Gasteiger partial charge in [-0.05, 0) is 12.8 Å². The van der Waals surface area contributed by atoms with Gasteiger partial charge in [-0.25, -0.2) is 22.9 Å². The van der Waals surface area contributed by atoms with Crippen LogP contribution in [0.3, 0.4) is 0 Å². The van der Waals surface area contributed by atoms with E-state index in [1.165, 1.54) is 12.6 Å². The molecule has 120 valence electrons. The maximum Gasteiger partial charge on any atom is 0.358 e. The molecule has 1 aromatic heterocycles. The van der Waals surface area contributed by atoms with Crippen molar-refractivity contribution in [1.29, 1.82) is 0 Å². The van der Waals surface area contributed by atoms with Crippen LogP contribution < -0.4 is 4.72 Å². The number of thiazole rings is 1. The summed E-state index contributed by atoms with van der Waals surface area (Å²) in [6, 6.07) is 0. The molecule has 1 rings (SSSR count). The lowest BCUT2D eigenvalue weighted by atomic mass is 10.4. The second kappa shape index (κ2) is 9.08. The topological polar surface area (TPSA) is 94.6 Å². The second-order valence-corrected chi connectivity index (χ2v) is 7.01. The van der Waals surface area contributed by atoms with E-state index in [4.69, 9.17) is 4.74 Å². The number of esters is 1. The van der Waals surface area contributed by atoms with Gasteiger partial charge in [-0.3, -0.25) is 0 Å². The fourth-order valence-corrected chi connectivity index (χ4v) is 3.70. The van der Waals surface area contributed by atoms with E-state index in [0.717, 1.165) is 24.2 Å². The normalized spacial score (nSPS) is 11.5. The number of nitrogens with one attached hydrogen (secondary N) is 1. The van der Waals surface area contributed by atoms with Gasteiger partial charge in [0, 0.05) is 19.8 Å². The third-order valence-electron chi connectivity index (χ3n) is 2.56. The minimum Gasteiger partial charge on any atom is -0.464 e. The average molecular weight is 336 g/mol. The molecular formula is C12H20N2O5S2. The SMILES string of the molecule is CCCCOCCCNS(=O)(=O)c1scnc1C(=O)OC. The first-order valence-corrected chi connectivity index (χ1v) is 8.98. The first-order chi connectivity index (χ1) is 10.0. The molecule has 0 aromatic carbocycles. The Kier molecular flexibility index (Phi) is 7.79. The molecule has 21 heavy (non-hydrogen) atoms. The van der Waals surface area contributed by atoms with Crippen LogP contribution in [0.15, 0.2) is 9.72 Å². The van der Waals surface area contributed by atoms with Crippen LogP contribution in [0.5, 0.6) is 0 Å². The maximum absolute atomic E-state index is 12.1. The van der Waals surface area contributed by atoms with Gasteiger partial charge < -0.3 is 9.47 Å². The van der Waals surface area contributed by atoms with Crippen molar-refractivity contribution in [3.63, 3.8) is 0 Å². The summed E-state index contributed by atoms with van der Waals surface area (Å²) < 4.78 is 36.3. The van der Waals surface area contributed by atoms with Gasteiger partial charge in [0.2, 0.25) is 0 Å². The first-order valence-electron chi connectivity index (χ1n) is 6.62. The number of ether oxygens (including phenoxy) is 2. The molecule has 0 spiro atoms. The van der Waals surface area contributed by atoms with E-state index in [0.29, 0.717) is 19.6 Å². The molecular weight excluding hydrogens is 316 g/mol. The van der Waals surface area contributed by atoms with E-state index in [-0.39, 0.29) is 16.4 Å². The van der Waals surface area contributed by atoms with Crippen molar-refractivity contribution in [2.45, 2.75) is 30.4 Å². The Morgan fingerprint density at radius 1 is 1.38 bits per heavy atom. The number of nitrogens with zero attached hydrogens (tertiary/aromatic N) is 1. The summed E-state index contributed by atoms with van der Waals surface area (Å²) in [5.74, 6) is -0.764. The third kappa shape index (κ3) is 5.70. The van der Waals surface area contributed by atoms with Crippen molar-refractivity contribution in [3.8, 4) is 0 Å². The Labute approximate surface area is 128 Å². The van der Waals surface area contributed by atoms with Gasteiger partial charge in [-0.15, -0.1) is 11.3 Å². The highest BCUT2D eigenvalue weighted by atomic mass is 32.2. The van der Waals surface area contributed by atoms with Gasteiger partial charge in [0.05, 0.1) is 12.6 Å². The molecule has 0 radical (unpaired) electrons. The number of methoxy groups -OCH3 is 1. The zero-order chi connectivity index (χ0) is 15.7. The van der Waals surface area contributed by atoms with Crippen LogP contribution in [-0.4, -0.2) is 46.2 Å². The number of rotatable bonds is 10. The van der Waals surface area contributed by atoms with Crippen LogP contribution in [0.25, 0.3) is 0 Å². The van der Waals surface area contributed by atoms with Crippen LogP contribution in [0.4, 0.5) is 0 Å². The number of carbonyl (C=O) groups excluding carboxylic acids is 1. The van der Waals surface area contributed by atoms with Crippen LogP contribution >= 0.6 is 11.3 Å². The molecule has 0 aliphatic heterocycles. The summed E-state index contributed by atoms with van der Waals surface area (Å²) >= 11 is 0.881. The van der Waals surface area contributed by atoms with Crippen molar-refractivity contribution >= 4 is 27.3 Å². The van der Waals surface area contributed by atoms with Crippen LogP contribution in [0.1, 0.15) is 36.7 Å². The Morgan fingerprint density at radius 3 is 2.76 bits per heavy atom. The van der Waals surface area contributed by atoms with E-state index in [1.54, 1.807) is 0 Å². The first kappa shape index (κ1) is 18.0. The standard InChI is InChI=1S/C12H20N2O5S2/c1-3-4-7-19-8-5-6-14-21(16,17)12-10(11(15)18-2)13-9-20-12/h9,14H,3-8H2,1-2H3. The van der Waals surface area contributed by atoms with Crippen molar-refractivity contribution in [2.24, 2.45) is 0 Å². The average Bonchev–Trinajstić information content (AvgIpc) is 2.95. The van der Waals surface area contributed by atoms with Crippen LogP contribution in [-0.2, 0) is 19.5 Å². The minimum absolute atomic E-state index is 0.124. The van der Waals surface area contributed by atoms with Crippen molar-refractivity contribution < 1.29 is 22.7 Å². The molecule has 7 nitrogen and oxygen atoms in total. The molecule has 1 N–H and O–H groups in total. The number of hydrogen-bond donors (Lipinski definition) is 1. The van der Waals surface area contributed by atoms with Gasteiger partial charge in [0.25, 0.3) is 10.0 Å². The fraction of sp³-hybridized carbons (Fsp3) is 0.667. The molecule has 0 atom stereocenters. The number of unbranched alkanes of at least 4 members (excludes halogenated alkanes) is 1. The van der Waals surface area contributed by atoms with Crippen molar-refractivity contribution in [2.75, 3.05) is 26.9 Å². The zero-order valence-corrected chi connectivity index (χ0v) is 13.8. The highest BCUT2D eigenvalue weighted by Crippen LogP contribution is 2.20. The molecule has 9 heteroatoms. The van der Waals surface area contributed by atoms with Gasteiger partial charge in [0.1, 0.15) is 0 Å². The van der Waals surface area contributed by atoms with E-state index in [2.05, 4.69) is 21.4 Å². The van der Waals surface area contributed by atoms with Crippen LogP contribution in [0.2, 0.25) is 0 Å². The highest BCUT2D eigenvalue weighted by Gasteiger charge is 2.25. The fourth-order valence-electron chi connectivity index (χ4n) is 1.45. The molecule has 1 aromatic rings. The van der Waals surface area contributed by atoms with Crippen LogP contribution in [0, 0.1) is 0 Å². The molecule has 0 fully saturated rings. The van der Waals surface area contributed by atoms with E-state index >= 15 is 0 Å². The molecule has 0 saturated heterocycles. The molecule has 0 aliphatic rings. The molecule has 0 saturated carbocycles. The largest absolute Gasteiger partial charge is 0.464 e. The summed E-state index contributed by atoms with van der Waals surface area (Å²) in [7, 11) is -2.57.